The molecule has 264 valence electrons. The molecule has 38 heteroatoms. The molecule has 1 rings (SSSR count). The Bertz CT molecular complexity index is 1400. The molecule has 1 aliphatic carbocycles. The van der Waals surface area contributed by atoms with Crippen molar-refractivity contribution in [2.24, 2.45) is 0 Å². The maximum absolute atomic E-state index is 12.4. The second-order valence-corrected chi connectivity index (χ2v) is 18.2. The summed E-state index contributed by atoms with van der Waals surface area (Å²) in [5, 5.41) is 10.7. The van der Waals surface area contributed by atoms with Crippen LogP contribution in [0.1, 0.15) is 0 Å². The largest absolute Gasteiger partial charge is 0.490 e. The van der Waals surface area contributed by atoms with Gasteiger partial charge in [-0.05, 0) is 0 Å². The number of phosphoric acid groups is 8. The second-order valence-electron chi connectivity index (χ2n) is 7.44. The molecule has 0 saturated heterocycles. The summed E-state index contributed by atoms with van der Waals surface area (Å²) in [6.45, 7) is 0. The normalized spacial score (nSPS) is 30.2. The molecular formula is C6H20O30P8. The fraction of sp³-hybridized carbons (Fsp3) is 1.00. The van der Waals surface area contributed by atoms with Crippen LogP contribution in [-0.2, 0) is 72.1 Å². The van der Waals surface area contributed by atoms with Gasteiger partial charge in [0.1, 0.15) is 36.6 Å². The van der Waals surface area contributed by atoms with E-state index in [4.69, 9.17) is 19.6 Å². The van der Waals surface area contributed by atoms with Gasteiger partial charge in [0.15, 0.2) is 0 Å². The number of hydrogen-bond donors (Lipinski definition) is 14. The molecule has 0 aromatic carbocycles. The van der Waals surface area contributed by atoms with Gasteiger partial charge >= 0.3 is 62.6 Å². The molecule has 0 radical (unpaired) electrons. The Morgan fingerprint density at radius 2 is 0.568 bits per heavy atom. The third-order valence-electron chi connectivity index (χ3n) is 3.88. The maximum atomic E-state index is 12.4. The molecule has 0 bridgehead atoms. The molecule has 0 aromatic rings. The first kappa shape index (κ1) is 43.0. The number of rotatable bonds is 16. The van der Waals surface area contributed by atoms with E-state index in [-0.39, 0.29) is 0 Å². The lowest BCUT2D eigenvalue weighted by Gasteiger charge is -2.47. The van der Waals surface area contributed by atoms with Crippen LogP contribution in [0.15, 0.2) is 0 Å². The van der Waals surface area contributed by atoms with Gasteiger partial charge in [-0.2, -0.15) is 12.9 Å². The molecule has 0 aromatic heterocycles. The Labute approximate surface area is 240 Å². The van der Waals surface area contributed by atoms with E-state index < -0.39 is 99.2 Å². The molecule has 0 spiro atoms. The summed E-state index contributed by atoms with van der Waals surface area (Å²) < 4.78 is 123. The summed E-state index contributed by atoms with van der Waals surface area (Å²) in [5.41, 5.74) is 0. The summed E-state index contributed by atoms with van der Waals surface area (Å²) in [4.78, 5) is 119. The van der Waals surface area contributed by atoms with Crippen molar-refractivity contribution in [3.63, 3.8) is 0 Å². The van der Waals surface area contributed by atoms with E-state index in [1.54, 1.807) is 0 Å². The Morgan fingerprint density at radius 1 is 0.318 bits per heavy atom. The first-order valence-electron chi connectivity index (χ1n) is 9.51. The SMILES string of the molecule is O=P(O)(O)O[C@H]1[C@@H](OP(=O)(O)O)[C@H](OP(=O)(O)OP(=O)(O)O)[C@@H](O)[C@H](OP(=O)(O)OP(=O)(O)OP(=O)(O)O)[C@H]1OP(=O)(O)O. The lowest BCUT2D eigenvalue weighted by atomic mass is 9.85. The van der Waals surface area contributed by atoms with Gasteiger partial charge in [-0.25, -0.2) is 36.5 Å². The van der Waals surface area contributed by atoms with Crippen molar-refractivity contribution in [2.75, 3.05) is 0 Å². The van der Waals surface area contributed by atoms with E-state index in [2.05, 4.69) is 35.6 Å². The molecule has 9 atom stereocenters. The number of hydrogen-bond acceptors (Lipinski definition) is 17. The smallest absolute Gasteiger partial charge is 0.387 e. The number of aliphatic hydroxyl groups excluding tert-OH is 1. The van der Waals surface area contributed by atoms with E-state index in [0.717, 1.165) is 0 Å². The predicted octanol–water partition coefficient (Wildman–Crippen LogP) is -2.90. The number of phosphoric ester groups is 5. The topological polar surface area (TPSA) is 494 Å². The van der Waals surface area contributed by atoms with Crippen LogP contribution < -0.4 is 0 Å². The molecule has 0 heterocycles. The Balaban J connectivity index is 3.93. The zero-order valence-electron chi connectivity index (χ0n) is 19.8. The van der Waals surface area contributed by atoms with Crippen molar-refractivity contribution in [2.45, 2.75) is 36.6 Å². The van der Waals surface area contributed by atoms with E-state index in [9.17, 15) is 85.7 Å². The monoisotopic (exact) mass is 820 g/mol. The van der Waals surface area contributed by atoms with Crippen LogP contribution >= 0.6 is 62.6 Å². The molecule has 1 aliphatic rings. The fourth-order valence-electron chi connectivity index (χ4n) is 2.98. The quantitative estimate of drug-likeness (QED) is 0.0694. The average molecular weight is 820 g/mol. The second kappa shape index (κ2) is 14.4. The van der Waals surface area contributed by atoms with Crippen LogP contribution in [0.4, 0.5) is 0 Å². The van der Waals surface area contributed by atoms with Gasteiger partial charge in [-0.15, -0.1) is 0 Å². The highest BCUT2D eigenvalue weighted by molar-refractivity contribution is 7.66. The molecule has 0 amide bonds. The van der Waals surface area contributed by atoms with Gasteiger partial charge in [-0.3, -0.25) is 22.6 Å². The highest BCUT2D eigenvalue weighted by atomic mass is 31.3. The Kier molecular flexibility index (Phi) is 14.1. The first-order chi connectivity index (χ1) is 19.0. The number of aliphatic hydroxyl groups is 1. The van der Waals surface area contributed by atoms with Crippen LogP contribution in [0.2, 0.25) is 0 Å². The van der Waals surface area contributed by atoms with Crippen LogP contribution in [0, 0.1) is 0 Å². The summed E-state index contributed by atoms with van der Waals surface area (Å²) in [6.07, 6.45) is -20.2. The third kappa shape index (κ3) is 16.4. The van der Waals surface area contributed by atoms with Crippen LogP contribution in [0.25, 0.3) is 0 Å². The van der Waals surface area contributed by atoms with Crippen LogP contribution in [-0.4, -0.2) is 105 Å². The average Bonchev–Trinajstić information content (AvgIpc) is 2.63. The predicted molar refractivity (Wildman–Crippen MR) is 123 cm³/mol. The molecule has 1 saturated carbocycles. The van der Waals surface area contributed by atoms with Gasteiger partial charge in [0.2, 0.25) is 0 Å². The summed E-state index contributed by atoms with van der Waals surface area (Å²) in [7, 11) is -50.1. The van der Waals surface area contributed by atoms with Gasteiger partial charge in [-0.1, -0.05) is 0 Å². The van der Waals surface area contributed by atoms with Crippen LogP contribution in [0.3, 0.4) is 0 Å². The molecule has 3 unspecified atom stereocenters. The maximum Gasteiger partial charge on any atom is 0.490 e. The molecular weight excluding hydrogens is 800 g/mol. The van der Waals surface area contributed by atoms with E-state index in [0.29, 0.717) is 0 Å². The molecule has 1 fully saturated rings. The highest BCUT2D eigenvalue weighted by Gasteiger charge is 2.62. The van der Waals surface area contributed by atoms with Crippen molar-refractivity contribution in [3.8, 4) is 0 Å². The first-order valence-corrected chi connectivity index (χ1v) is 21.6. The lowest BCUT2D eigenvalue weighted by molar-refractivity contribution is -0.205. The zero-order chi connectivity index (χ0) is 35.1. The van der Waals surface area contributed by atoms with Gasteiger partial charge in [0.05, 0.1) is 0 Å². The van der Waals surface area contributed by atoms with E-state index in [1.807, 2.05) is 0 Å². The van der Waals surface area contributed by atoms with Crippen molar-refractivity contribution < 1.29 is 141 Å². The van der Waals surface area contributed by atoms with Gasteiger partial charge < -0.3 is 68.7 Å². The van der Waals surface area contributed by atoms with Crippen molar-refractivity contribution >= 4 is 62.6 Å². The van der Waals surface area contributed by atoms with Gasteiger partial charge in [0.25, 0.3) is 0 Å². The highest BCUT2D eigenvalue weighted by Crippen LogP contribution is 2.68. The summed E-state index contributed by atoms with van der Waals surface area (Å²) in [6, 6.07) is 0. The third-order valence-corrected chi connectivity index (χ3v) is 11.5. The fourth-order valence-corrected chi connectivity index (χ4v) is 9.64. The van der Waals surface area contributed by atoms with E-state index in [1.165, 1.54) is 0 Å². The van der Waals surface area contributed by atoms with Crippen LogP contribution in [0.5, 0.6) is 0 Å². The molecule has 14 N–H and O–H groups in total. The minimum absolute atomic E-state index is 3.18. The molecule has 0 aliphatic heterocycles. The zero-order valence-corrected chi connectivity index (χ0v) is 27.0. The van der Waals surface area contributed by atoms with Gasteiger partial charge in [0, 0.05) is 0 Å². The summed E-state index contributed by atoms with van der Waals surface area (Å²) in [5.74, 6) is 0. The Morgan fingerprint density at radius 3 is 0.841 bits per heavy atom. The summed E-state index contributed by atoms with van der Waals surface area (Å²) >= 11 is 0. The van der Waals surface area contributed by atoms with Crippen molar-refractivity contribution in [3.05, 3.63) is 0 Å². The Hall–Kier alpha value is 0.960. The minimum Gasteiger partial charge on any atom is -0.387 e. The molecule has 30 nitrogen and oxygen atoms in total. The van der Waals surface area contributed by atoms with E-state index >= 15 is 0 Å². The van der Waals surface area contributed by atoms with Crippen molar-refractivity contribution in [1.82, 2.24) is 0 Å². The lowest BCUT2D eigenvalue weighted by Crippen LogP contribution is -2.66. The minimum atomic E-state index is -6.62. The van der Waals surface area contributed by atoms with Crippen molar-refractivity contribution in [1.29, 1.82) is 0 Å². The molecule has 44 heavy (non-hydrogen) atoms. The standard InChI is InChI=1S/C6H20O30P8/c7-1-2(32-42(23,24)34-40(17,18)19)4(29-37(8,9)10)6(31-39(14,15)16)5(30-38(11,12)13)3(1)33-43(25,26)36-44(27,28)35-41(20,21)22/h1-7H,(H,23,24)(H,25,26)(H,27,28)(H2,8,9,10)(H2,11,12,13)(H2,14,15,16)(H2,17,18,19)(H2,20,21,22)/t1-,2-,3+,4+,5-,6+/m1/s1.